The number of para-hydroxylation sites is 1. The van der Waals surface area contributed by atoms with Crippen LogP contribution in [0.3, 0.4) is 0 Å². The van der Waals surface area contributed by atoms with E-state index in [1.165, 1.54) is 0 Å². The van der Waals surface area contributed by atoms with E-state index in [-0.39, 0.29) is 34.7 Å². The SMILES string of the molecule is CC(C)C(=O)c1c(N)[c]cc(-c2ccccc2N)c1C(=O)C(C)C. The van der Waals surface area contributed by atoms with Gasteiger partial charge in [-0.2, -0.15) is 0 Å². The largest absolute Gasteiger partial charge is 0.398 e. The molecule has 0 aliphatic carbocycles. The minimum Gasteiger partial charge on any atom is -0.398 e. The van der Waals surface area contributed by atoms with Crippen LogP contribution in [0.15, 0.2) is 30.3 Å². The summed E-state index contributed by atoms with van der Waals surface area (Å²) in [4.78, 5) is 25.6. The number of carbonyl (C=O) groups excluding carboxylic acids is 2. The Hall–Kier alpha value is -2.62. The minimum atomic E-state index is -0.275. The van der Waals surface area contributed by atoms with E-state index in [9.17, 15) is 9.59 Å². The zero-order chi connectivity index (χ0) is 18.0. The first-order chi connectivity index (χ1) is 11.3. The molecule has 0 saturated carbocycles. The highest BCUT2D eigenvalue weighted by Gasteiger charge is 2.27. The molecule has 1 radical (unpaired) electrons. The summed E-state index contributed by atoms with van der Waals surface area (Å²) in [6, 6.07) is 11.8. The Kier molecular flexibility index (Phi) is 5.07. The summed E-state index contributed by atoms with van der Waals surface area (Å²) in [5.74, 6) is -0.834. The molecule has 2 rings (SSSR count). The highest BCUT2D eigenvalue weighted by atomic mass is 16.1. The number of rotatable bonds is 5. The summed E-state index contributed by atoms with van der Waals surface area (Å²) in [7, 11) is 0. The van der Waals surface area contributed by atoms with Crippen molar-refractivity contribution >= 4 is 22.9 Å². The Balaban J connectivity index is 2.87. The number of carbonyl (C=O) groups is 2. The maximum atomic E-state index is 12.9. The van der Waals surface area contributed by atoms with Crippen LogP contribution in [-0.4, -0.2) is 11.6 Å². The molecule has 24 heavy (non-hydrogen) atoms. The molecule has 0 saturated heterocycles. The van der Waals surface area contributed by atoms with Gasteiger partial charge in [-0.15, -0.1) is 0 Å². The topological polar surface area (TPSA) is 86.2 Å². The molecule has 0 amide bonds. The third kappa shape index (κ3) is 3.18. The smallest absolute Gasteiger partial charge is 0.168 e. The first-order valence-corrected chi connectivity index (χ1v) is 8.03. The molecule has 0 spiro atoms. The summed E-state index contributed by atoms with van der Waals surface area (Å²) >= 11 is 0. The Morgan fingerprint density at radius 1 is 0.875 bits per heavy atom. The highest BCUT2D eigenvalue weighted by molar-refractivity contribution is 6.16. The van der Waals surface area contributed by atoms with Gasteiger partial charge in [0, 0.05) is 34.7 Å². The van der Waals surface area contributed by atoms with Gasteiger partial charge < -0.3 is 11.5 Å². The number of anilines is 2. The van der Waals surface area contributed by atoms with Gasteiger partial charge >= 0.3 is 0 Å². The standard InChI is InChI=1S/C20H23N2O2/c1-11(2)19(23)17-14(13-7-5-6-8-15(13)21)9-10-16(22)18(17)20(24)12(3)4/h5-9,11-12H,21-22H2,1-4H3. The number of Topliss-reactive ketones (excluding diaryl/α,β-unsaturated/α-hetero) is 2. The van der Waals surface area contributed by atoms with Crippen molar-refractivity contribution in [1.29, 1.82) is 0 Å². The summed E-state index contributed by atoms with van der Waals surface area (Å²) in [6.07, 6.45) is 0. The molecule has 125 valence electrons. The molecule has 0 aliphatic rings. The molecule has 0 aromatic heterocycles. The fraction of sp³-hybridized carbons (Fsp3) is 0.300. The van der Waals surface area contributed by atoms with Crippen molar-refractivity contribution in [2.45, 2.75) is 27.7 Å². The molecule has 4 heteroatoms. The van der Waals surface area contributed by atoms with Gasteiger partial charge in [0.05, 0.1) is 11.3 Å². The Labute approximate surface area is 142 Å². The molecule has 2 aromatic rings. The molecular formula is C20H23N2O2. The molecule has 0 heterocycles. The van der Waals surface area contributed by atoms with Crippen LogP contribution in [0, 0.1) is 17.9 Å². The molecule has 0 bridgehead atoms. The number of nitrogens with two attached hydrogens (primary N) is 2. The van der Waals surface area contributed by atoms with Crippen molar-refractivity contribution in [2.75, 3.05) is 11.5 Å². The van der Waals surface area contributed by atoms with Crippen LogP contribution in [0.25, 0.3) is 11.1 Å². The Morgan fingerprint density at radius 3 is 1.96 bits per heavy atom. The van der Waals surface area contributed by atoms with E-state index in [0.717, 1.165) is 0 Å². The average molecular weight is 323 g/mol. The van der Waals surface area contributed by atoms with Crippen LogP contribution in [0.5, 0.6) is 0 Å². The Bertz CT molecular complexity index is 792. The molecule has 2 aromatic carbocycles. The van der Waals surface area contributed by atoms with Crippen molar-refractivity contribution in [1.82, 2.24) is 0 Å². The van der Waals surface area contributed by atoms with Crippen LogP contribution < -0.4 is 11.5 Å². The van der Waals surface area contributed by atoms with Crippen LogP contribution in [-0.2, 0) is 0 Å². The second-order valence-electron chi connectivity index (χ2n) is 6.49. The molecule has 4 nitrogen and oxygen atoms in total. The molecular weight excluding hydrogens is 300 g/mol. The van der Waals surface area contributed by atoms with Crippen molar-refractivity contribution in [3.8, 4) is 11.1 Å². The lowest BCUT2D eigenvalue weighted by Gasteiger charge is -2.19. The van der Waals surface area contributed by atoms with E-state index < -0.39 is 0 Å². The van der Waals surface area contributed by atoms with Gasteiger partial charge in [-0.25, -0.2) is 0 Å². The quantitative estimate of drug-likeness (QED) is 0.643. The monoisotopic (exact) mass is 323 g/mol. The van der Waals surface area contributed by atoms with Gasteiger partial charge in [0.15, 0.2) is 11.6 Å². The third-order valence-electron chi connectivity index (χ3n) is 3.95. The highest BCUT2D eigenvalue weighted by Crippen LogP contribution is 2.35. The maximum absolute atomic E-state index is 12.9. The summed E-state index contributed by atoms with van der Waals surface area (Å²) in [5, 5.41) is 0. The fourth-order valence-electron chi connectivity index (χ4n) is 2.61. The van der Waals surface area contributed by atoms with Gasteiger partial charge in [0.2, 0.25) is 0 Å². The van der Waals surface area contributed by atoms with Crippen molar-refractivity contribution < 1.29 is 9.59 Å². The predicted octanol–water partition coefficient (Wildman–Crippen LogP) is 4.00. The first-order valence-electron chi connectivity index (χ1n) is 8.03. The first kappa shape index (κ1) is 17.7. The Morgan fingerprint density at radius 2 is 1.42 bits per heavy atom. The summed E-state index contributed by atoms with van der Waals surface area (Å²) in [5.41, 5.74) is 14.8. The predicted molar refractivity (Wildman–Crippen MR) is 97.9 cm³/mol. The van der Waals surface area contributed by atoms with Gasteiger partial charge in [-0.05, 0) is 17.7 Å². The molecule has 4 N–H and O–H groups in total. The lowest BCUT2D eigenvalue weighted by atomic mass is 9.84. The number of hydrogen-bond donors (Lipinski definition) is 2. The zero-order valence-corrected chi connectivity index (χ0v) is 14.5. The fourth-order valence-corrected chi connectivity index (χ4v) is 2.61. The number of benzene rings is 2. The van der Waals surface area contributed by atoms with Crippen LogP contribution in [0.1, 0.15) is 48.4 Å². The second kappa shape index (κ2) is 6.87. The molecule has 0 unspecified atom stereocenters. The summed E-state index contributed by atoms with van der Waals surface area (Å²) in [6.45, 7) is 7.18. The summed E-state index contributed by atoms with van der Waals surface area (Å²) < 4.78 is 0. The van der Waals surface area contributed by atoms with Crippen LogP contribution in [0.4, 0.5) is 11.4 Å². The van der Waals surface area contributed by atoms with Crippen LogP contribution in [0.2, 0.25) is 0 Å². The third-order valence-corrected chi connectivity index (χ3v) is 3.95. The van der Waals surface area contributed by atoms with E-state index in [0.29, 0.717) is 22.4 Å². The zero-order valence-electron chi connectivity index (χ0n) is 14.5. The molecule has 0 fully saturated rings. The van der Waals surface area contributed by atoms with Gasteiger partial charge in [-0.3, -0.25) is 9.59 Å². The van der Waals surface area contributed by atoms with E-state index in [2.05, 4.69) is 6.07 Å². The maximum Gasteiger partial charge on any atom is 0.168 e. The van der Waals surface area contributed by atoms with Crippen LogP contribution >= 0.6 is 0 Å². The normalized spacial score (nSPS) is 11.1. The van der Waals surface area contributed by atoms with Crippen molar-refractivity contribution in [3.05, 3.63) is 47.5 Å². The van der Waals surface area contributed by atoms with Gasteiger partial charge in [0.25, 0.3) is 0 Å². The lowest BCUT2D eigenvalue weighted by Crippen LogP contribution is -2.20. The van der Waals surface area contributed by atoms with Gasteiger partial charge in [0.1, 0.15) is 0 Å². The van der Waals surface area contributed by atoms with E-state index in [1.807, 2.05) is 18.2 Å². The number of ketones is 2. The van der Waals surface area contributed by atoms with E-state index in [1.54, 1.807) is 39.8 Å². The second-order valence-corrected chi connectivity index (χ2v) is 6.49. The van der Waals surface area contributed by atoms with Crippen molar-refractivity contribution in [3.63, 3.8) is 0 Å². The van der Waals surface area contributed by atoms with E-state index in [4.69, 9.17) is 11.5 Å². The molecule has 0 atom stereocenters. The van der Waals surface area contributed by atoms with E-state index >= 15 is 0 Å². The average Bonchev–Trinajstić information content (AvgIpc) is 2.53. The minimum absolute atomic E-state index is 0.127. The lowest BCUT2D eigenvalue weighted by molar-refractivity contribution is 0.0907. The van der Waals surface area contributed by atoms with Gasteiger partial charge in [-0.1, -0.05) is 45.9 Å². The number of nitrogen functional groups attached to an aromatic ring is 2. The number of hydrogen-bond acceptors (Lipinski definition) is 4. The molecule has 0 aliphatic heterocycles. The van der Waals surface area contributed by atoms with Crippen molar-refractivity contribution in [2.24, 2.45) is 11.8 Å².